The van der Waals surface area contributed by atoms with Gasteiger partial charge in [0.1, 0.15) is 17.4 Å². The zero-order valence-corrected chi connectivity index (χ0v) is 24.2. The molecule has 9 nitrogen and oxygen atoms in total. The second-order valence-electron chi connectivity index (χ2n) is 10.4. The summed E-state index contributed by atoms with van der Waals surface area (Å²) in [4.78, 5) is 34.7. The lowest BCUT2D eigenvalue weighted by molar-refractivity contribution is -0.116. The van der Waals surface area contributed by atoms with Crippen molar-refractivity contribution in [1.82, 2.24) is 19.5 Å². The average molecular weight is 554 g/mol. The Labute approximate surface area is 235 Å². The van der Waals surface area contributed by atoms with Gasteiger partial charge in [0, 0.05) is 61.9 Å². The van der Waals surface area contributed by atoms with Gasteiger partial charge in [-0.1, -0.05) is 24.6 Å². The topological polar surface area (TPSA) is 109 Å². The van der Waals surface area contributed by atoms with Crippen molar-refractivity contribution in [3.63, 3.8) is 0 Å². The summed E-state index contributed by atoms with van der Waals surface area (Å²) in [5.41, 5.74) is 9.72. The van der Waals surface area contributed by atoms with E-state index in [1.54, 1.807) is 19.1 Å². The third kappa shape index (κ3) is 6.36. The van der Waals surface area contributed by atoms with Crippen LogP contribution in [0, 0.1) is 6.92 Å². The van der Waals surface area contributed by atoms with Crippen molar-refractivity contribution in [1.29, 1.82) is 0 Å². The molecule has 0 aliphatic carbocycles. The lowest BCUT2D eigenvalue weighted by Crippen LogP contribution is -2.39. The fourth-order valence-corrected chi connectivity index (χ4v) is 5.59. The van der Waals surface area contributed by atoms with E-state index in [2.05, 4.69) is 24.2 Å². The van der Waals surface area contributed by atoms with E-state index < -0.39 is 0 Å². The number of fused-ring (bicyclic) bond motifs is 1. The Hall–Kier alpha value is -3.17. The molecule has 1 aliphatic heterocycles. The number of ketones is 1. The number of nitrogens with zero attached hydrogens (tertiary/aromatic N) is 5. The van der Waals surface area contributed by atoms with Crippen molar-refractivity contribution in [2.45, 2.75) is 65.3 Å². The summed E-state index contributed by atoms with van der Waals surface area (Å²) in [5, 5.41) is 8.91. The molecule has 1 aliphatic rings. The van der Waals surface area contributed by atoms with Crippen molar-refractivity contribution in [3.8, 4) is 0 Å². The van der Waals surface area contributed by atoms with E-state index in [9.17, 15) is 9.59 Å². The Bertz CT molecular complexity index is 1340. The molecule has 210 valence electrons. The monoisotopic (exact) mass is 553 g/mol. The molecule has 1 fully saturated rings. The van der Waals surface area contributed by atoms with Gasteiger partial charge in [0.15, 0.2) is 5.65 Å². The molecular weight excluding hydrogens is 514 g/mol. The number of benzene rings is 1. The number of aryl methyl sites for hydroxylation is 1. The van der Waals surface area contributed by atoms with Crippen LogP contribution >= 0.6 is 11.6 Å². The number of nitrogens with two attached hydrogens (primary N) is 1. The number of carbonyl (C=O) groups is 2. The minimum atomic E-state index is -0.183. The lowest BCUT2D eigenvalue weighted by atomic mass is 9.95. The SMILES string of the molecule is CCCN(C)c1c(C)c(NCCN)nc2cc(C3CCCCN3C(=O)c3cc(Cl)ccc3CCC(C)=O)nn12. The molecule has 3 aromatic rings. The number of rotatable bonds is 11. The van der Waals surface area contributed by atoms with E-state index in [0.29, 0.717) is 43.1 Å². The van der Waals surface area contributed by atoms with Crippen LogP contribution in [0.15, 0.2) is 24.3 Å². The number of piperidine rings is 1. The highest BCUT2D eigenvalue weighted by Gasteiger charge is 2.32. The third-order valence-electron chi connectivity index (χ3n) is 7.34. The molecule has 1 amide bonds. The summed E-state index contributed by atoms with van der Waals surface area (Å²) in [7, 11) is 2.07. The van der Waals surface area contributed by atoms with Crippen LogP contribution in [-0.4, -0.2) is 64.4 Å². The van der Waals surface area contributed by atoms with Gasteiger partial charge in [-0.05, 0) is 63.6 Å². The van der Waals surface area contributed by atoms with E-state index in [1.807, 2.05) is 28.5 Å². The van der Waals surface area contributed by atoms with Gasteiger partial charge in [-0.25, -0.2) is 4.98 Å². The normalized spacial score (nSPS) is 15.5. The summed E-state index contributed by atoms with van der Waals surface area (Å²) >= 11 is 6.33. The zero-order chi connectivity index (χ0) is 28.1. The number of amides is 1. The zero-order valence-electron chi connectivity index (χ0n) is 23.5. The minimum Gasteiger partial charge on any atom is -0.368 e. The second-order valence-corrected chi connectivity index (χ2v) is 10.8. The van der Waals surface area contributed by atoms with Crippen LogP contribution in [0.4, 0.5) is 11.6 Å². The maximum Gasteiger partial charge on any atom is 0.254 e. The molecule has 1 saturated heterocycles. The van der Waals surface area contributed by atoms with Crippen LogP contribution in [0.2, 0.25) is 5.02 Å². The van der Waals surface area contributed by atoms with Gasteiger partial charge < -0.3 is 25.6 Å². The molecule has 1 unspecified atom stereocenters. The smallest absolute Gasteiger partial charge is 0.254 e. The first-order chi connectivity index (χ1) is 18.7. The quantitative estimate of drug-likeness (QED) is 0.351. The first-order valence-electron chi connectivity index (χ1n) is 13.9. The molecule has 2 aromatic heterocycles. The summed E-state index contributed by atoms with van der Waals surface area (Å²) in [6.45, 7) is 8.41. The number of nitrogens with one attached hydrogen (secondary N) is 1. The molecule has 3 N–H and O–H groups in total. The van der Waals surface area contributed by atoms with Gasteiger partial charge in [-0.15, -0.1) is 0 Å². The third-order valence-corrected chi connectivity index (χ3v) is 7.57. The molecule has 1 atom stereocenters. The first kappa shape index (κ1) is 28.8. The Kier molecular flexibility index (Phi) is 9.45. The van der Waals surface area contributed by atoms with Gasteiger partial charge in [0.25, 0.3) is 5.91 Å². The average Bonchev–Trinajstić information content (AvgIpc) is 3.34. The Morgan fingerprint density at radius 2 is 2.05 bits per heavy atom. The Balaban J connectivity index is 1.75. The molecule has 1 aromatic carbocycles. The van der Waals surface area contributed by atoms with Crippen LogP contribution < -0.4 is 16.0 Å². The molecule has 0 bridgehead atoms. The maximum atomic E-state index is 14.0. The van der Waals surface area contributed by atoms with Crippen molar-refractivity contribution in [2.75, 3.05) is 43.4 Å². The Morgan fingerprint density at radius 3 is 2.77 bits per heavy atom. The molecule has 4 rings (SSSR count). The van der Waals surface area contributed by atoms with Gasteiger partial charge >= 0.3 is 0 Å². The van der Waals surface area contributed by atoms with Crippen LogP contribution in [0.5, 0.6) is 0 Å². The Morgan fingerprint density at radius 1 is 1.26 bits per heavy atom. The van der Waals surface area contributed by atoms with Gasteiger partial charge in [0.2, 0.25) is 0 Å². The van der Waals surface area contributed by atoms with Crippen molar-refractivity contribution >= 4 is 40.6 Å². The van der Waals surface area contributed by atoms with E-state index >= 15 is 0 Å². The summed E-state index contributed by atoms with van der Waals surface area (Å²) in [6.07, 6.45) is 4.64. The van der Waals surface area contributed by atoms with Gasteiger partial charge in [-0.3, -0.25) is 4.79 Å². The highest BCUT2D eigenvalue weighted by atomic mass is 35.5. The summed E-state index contributed by atoms with van der Waals surface area (Å²) < 4.78 is 1.91. The number of hydrogen-bond acceptors (Lipinski definition) is 7. The minimum absolute atomic E-state index is 0.0735. The standard InChI is InChI=1S/C29H40ClN7O2/c1-5-15-35(4)28-20(3)27(32-14-13-31)33-26-18-24(34-37(26)28)25-8-6-7-16-36(25)29(39)23-17-22(30)12-11-21(23)10-9-19(2)38/h11-12,17-18,25H,5-10,13-16,31H2,1-4H3,(H,32,33). The fraction of sp³-hybridized carbons (Fsp3) is 0.517. The van der Waals surface area contributed by atoms with Crippen molar-refractivity contribution in [3.05, 3.63) is 51.7 Å². The van der Waals surface area contributed by atoms with Crippen molar-refractivity contribution in [2.24, 2.45) is 5.73 Å². The number of carbonyl (C=O) groups excluding carboxylic acids is 2. The van der Waals surface area contributed by atoms with Crippen LogP contribution in [0.3, 0.4) is 0 Å². The van der Waals surface area contributed by atoms with Crippen molar-refractivity contribution < 1.29 is 9.59 Å². The van der Waals surface area contributed by atoms with Gasteiger partial charge in [0.05, 0.1) is 11.7 Å². The van der Waals surface area contributed by atoms with Gasteiger partial charge in [-0.2, -0.15) is 9.61 Å². The number of anilines is 2. The molecule has 10 heteroatoms. The first-order valence-corrected chi connectivity index (χ1v) is 14.3. The number of likely N-dealkylation sites (tertiary alicyclic amines) is 1. The molecule has 0 radical (unpaired) electrons. The molecule has 3 heterocycles. The van der Waals surface area contributed by atoms with E-state index in [4.69, 9.17) is 27.4 Å². The summed E-state index contributed by atoms with van der Waals surface area (Å²) in [6, 6.07) is 7.19. The number of aromatic nitrogens is 3. The second kappa shape index (κ2) is 12.8. The summed E-state index contributed by atoms with van der Waals surface area (Å²) in [5.74, 6) is 1.79. The maximum absolute atomic E-state index is 14.0. The largest absolute Gasteiger partial charge is 0.368 e. The highest BCUT2D eigenvalue weighted by Crippen LogP contribution is 2.35. The van der Waals surface area contributed by atoms with E-state index in [-0.39, 0.29) is 17.7 Å². The van der Waals surface area contributed by atoms with Crippen LogP contribution in [-0.2, 0) is 11.2 Å². The predicted octanol–water partition coefficient (Wildman–Crippen LogP) is 4.80. The molecule has 0 spiro atoms. The van der Waals surface area contributed by atoms with E-state index in [1.165, 1.54) is 0 Å². The molecule has 0 saturated carbocycles. The fourth-order valence-electron chi connectivity index (χ4n) is 5.42. The van der Waals surface area contributed by atoms with Crippen LogP contribution in [0.25, 0.3) is 5.65 Å². The molecule has 39 heavy (non-hydrogen) atoms. The number of halogens is 1. The number of hydrogen-bond donors (Lipinski definition) is 2. The predicted molar refractivity (Wildman–Crippen MR) is 157 cm³/mol. The molecular formula is C29H40ClN7O2. The van der Waals surface area contributed by atoms with Crippen LogP contribution in [0.1, 0.15) is 79.2 Å². The highest BCUT2D eigenvalue weighted by molar-refractivity contribution is 6.31. The number of Topliss-reactive ketones (excluding diaryl/α,β-unsaturated/α-hetero) is 1. The lowest BCUT2D eigenvalue weighted by Gasteiger charge is -2.35. The van der Waals surface area contributed by atoms with E-state index in [0.717, 1.165) is 66.3 Å².